The third-order valence-electron chi connectivity index (χ3n) is 4.40. The van der Waals surface area contributed by atoms with Gasteiger partial charge in [-0.2, -0.15) is 10.2 Å². The van der Waals surface area contributed by atoms with Crippen molar-refractivity contribution in [1.82, 2.24) is 20.0 Å². The molecule has 3 N–H and O–H groups in total. The summed E-state index contributed by atoms with van der Waals surface area (Å²) in [6.07, 6.45) is 6.05. The summed E-state index contributed by atoms with van der Waals surface area (Å²) in [6, 6.07) is 2.84. The van der Waals surface area contributed by atoms with Gasteiger partial charge in [0.15, 0.2) is 11.6 Å². The van der Waals surface area contributed by atoms with E-state index in [-0.39, 0.29) is 11.5 Å². The van der Waals surface area contributed by atoms with Crippen LogP contribution in [-0.2, 0) is 11.8 Å². The van der Waals surface area contributed by atoms with E-state index in [9.17, 15) is 9.59 Å². The van der Waals surface area contributed by atoms with Gasteiger partial charge in [-0.25, -0.2) is 9.59 Å². The van der Waals surface area contributed by atoms with Crippen LogP contribution in [0.25, 0.3) is 0 Å². The molecular weight excluding hydrogens is 324 g/mol. The lowest BCUT2D eigenvalue weighted by Crippen LogP contribution is -2.20. The zero-order valence-corrected chi connectivity index (χ0v) is 14.3. The van der Waals surface area contributed by atoms with Gasteiger partial charge in [-0.15, -0.1) is 0 Å². The summed E-state index contributed by atoms with van der Waals surface area (Å²) in [5.41, 5.74) is 1.30. The Balaban J connectivity index is 1.59. The number of aromatic amines is 1. The van der Waals surface area contributed by atoms with Gasteiger partial charge in [-0.1, -0.05) is 19.3 Å². The van der Waals surface area contributed by atoms with Crippen molar-refractivity contribution in [3.63, 3.8) is 0 Å². The molecule has 0 bridgehead atoms. The van der Waals surface area contributed by atoms with Gasteiger partial charge in [-0.3, -0.25) is 20.4 Å². The number of methoxy groups -OCH3 is 1. The number of rotatable bonds is 4. The predicted octanol–water partition coefficient (Wildman–Crippen LogP) is 2.62. The van der Waals surface area contributed by atoms with Crippen LogP contribution in [0.1, 0.15) is 54.2 Å². The second-order valence-corrected chi connectivity index (χ2v) is 6.15. The maximum Gasteiger partial charge on any atom is 0.356 e. The molecule has 134 valence electrons. The number of anilines is 2. The van der Waals surface area contributed by atoms with Gasteiger partial charge in [0.05, 0.1) is 7.11 Å². The Morgan fingerprint density at radius 2 is 1.92 bits per heavy atom. The molecule has 0 aliphatic heterocycles. The highest BCUT2D eigenvalue weighted by atomic mass is 16.5. The summed E-state index contributed by atoms with van der Waals surface area (Å²) < 4.78 is 5.99. The van der Waals surface area contributed by atoms with E-state index in [0.717, 1.165) is 18.5 Å². The lowest BCUT2D eigenvalue weighted by atomic mass is 9.87. The molecule has 25 heavy (non-hydrogen) atoms. The van der Waals surface area contributed by atoms with Crippen molar-refractivity contribution in [2.45, 2.75) is 38.0 Å². The Morgan fingerprint density at radius 3 is 2.64 bits per heavy atom. The number of nitrogens with zero attached hydrogens (tertiary/aromatic N) is 3. The maximum absolute atomic E-state index is 12.1. The van der Waals surface area contributed by atoms with E-state index in [1.165, 1.54) is 37.1 Å². The molecule has 0 unspecified atom stereocenters. The Labute approximate surface area is 145 Å². The minimum Gasteiger partial charge on any atom is -0.464 e. The van der Waals surface area contributed by atoms with Gasteiger partial charge in [-0.05, 0) is 12.8 Å². The minimum atomic E-state index is -0.520. The molecule has 9 heteroatoms. The summed E-state index contributed by atoms with van der Waals surface area (Å²) in [7, 11) is 2.89. The topological polar surface area (TPSA) is 114 Å². The fraction of sp³-hybridized carbons (Fsp3) is 0.500. The number of nitrogens with one attached hydrogen (secondary N) is 3. The molecule has 0 aromatic carbocycles. The number of ether oxygens (including phenoxy) is 1. The van der Waals surface area contributed by atoms with E-state index in [1.54, 1.807) is 7.05 Å². The molecule has 2 amide bonds. The van der Waals surface area contributed by atoms with Crippen LogP contribution in [0.15, 0.2) is 12.1 Å². The van der Waals surface area contributed by atoms with Crippen LogP contribution in [0.4, 0.5) is 16.4 Å². The minimum absolute atomic E-state index is 0.247. The molecule has 3 rings (SSSR count). The van der Waals surface area contributed by atoms with E-state index >= 15 is 0 Å². The van der Waals surface area contributed by atoms with E-state index in [1.807, 2.05) is 6.07 Å². The second-order valence-electron chi connectivity index (χ2n) is 6.15. The van der Waals surface area contributed by atoms with Crippen LogP contribution in [0.3, 0.4) is 0 Å². The fourth-order valence-corrected chi connectivity index (χ4v) is 3.11. The highest BCUT2D eigenvalue weighted by molar-refractivity contribution is 5.99. The number of carbonyl (C=O) groups excluding carboxylic acids is 2. The number of aromatic nitrogens is 4. The highest BCUT2D eigenvalue weighted by Gasteiger charge is 2.19. The van der Waals surface area contributed by atoms with Gasteiger partial charge in [0.25, 0.3) is 0 Å². The lowest BCUT2D eigenvalue weighted by Gasteiger charge is -2.19. The van der Waals surface area contributed by atoms with Crippen molar-refractivity contribution in [3.8, 4) is 0 Å². The standard InChI is InChI=1S/C16H22N6O3/c1-22-12(15(23)25-2)9-14(21-22)18-16(24)17-13-8-11(19-20-13)10-6-4-3-5-7-10/h8-10H,3-7H2,1-2H3,(H3,17,18,19,20,21,24). The van der Waals surface area contributed by atoms with Crippen LogP contribution in [0.2, 0.25) is 0 Å². The van der Waals surface area contributed by atoms with Crippen LogP contribution >= 0.6 is 0 Å². The van der Waals surface area contributed by atoms with Gasteiger partial charge in [0.1, 0.15) is 5.69 Å². The van der Waals surface area contributed by atoms with Crippen LogP contribution in [-0.4, -0.2) is 39.1 Å². The zero-order valence-electron chi connectivity index (χ0n) is 14.3. The summed E-state index contributed by atoms with van der Waals surface area (Å²) in [5.74, 6) is 0.678. The molecule has 0 spiro atoms. The monoisotopic (exact) mass is 346 g/mol. The summed E-state index contributed by atoms with van der Waals surface area (Å²) >= 11 is 0. The molecule has 0 saturated heterocycles. The molecule has 9 nitrogen and oxygen atoms in total. The molecule has 1 aliphatic carbocycles. The molecule has 1 fully saturated rings. The quantitative estimate of drug-likeness (QED) is 0.736. The van der Waals surface area contributed by atoms with Gasteiger partial charge in [0, 0.05) is 30.8 Å². The Hall–Kier alpha value is -2.84. The SMILES string of the molecule is COC(=O)c1cc(NC(=O)Nc2cc(C3CCCCC3)[nH]n2)nn1C. The molecule has 2 heterocycles. The number of hydrogen-bond donors (Lipinski definition) is 3. The smallest absolute Gasteiger partial charge is 0.356 e. The van der Waals surface area contributed by atoms with E-state index in [2.05, 4.69) is 30.7 Å². The Morgan fingerprint density at radius 1 is 1.20 bits per heavy atom. The highest BCUT2D eigenvalue weighted by Crippen LogP contribution is 2.32. The first-order chi connectivity index (χ1) is 12.1. The van der Waals surface area contributed by atoms with Gasteiger partial charge >= 0.3 is 12.0 Å². The third kappa shape index (κ3) is 3.98. The maximum atomic E-state index is 12.1. The third-order valence-corrected chi connectivity index (χ3v) is 4.40. The van der Waals surface area contributed by atoms with Crippen molar-refractivity contribution >= 4 is 23.6 Å². The number of amides is 2. The van der Waals surface area contributed by atoms with Gasteiger partial charge < -0.3 is 4.74 Å². The number of H-pyrrole nitrogens is 1. The molecule has 1 aliphatic rings. The molecule has 0 radical (unpaired) electrons. The first-order valence-corrected chi connectivity index (χ1v) is 8.32. The number of aryl methyl sites for hydroxylation is 1. The Bertz CT molecular complexity index is 760. The first-order valence-electron chi connectivity index (χ1n) is 8.32. The van der Waals surface area contributed by atoms with Crippen molar-refractivity contribution in [2.75, 3.05) is 17.7 Å². The molecular formula is C16H22N6O3. The molecule has 2 aromatic rings. The predicted molar refractivity (Wildman–Crippen MR) is 91.6 cm³/mol. The molecule has 1 saturated carbocycles. The van der Waals surface area contributed by atoms with Crippen LogP contribution in [0, 0.1) is 0 Å². The number of carbonyl (C=O) groups is 2. The van der Waals surface area contributed by atoms with Crippen LogP contribution < -0.4 is 10.6 Å². The average molecular weight is 346 g/mol. The first kappa shape index (κ1) is 17.0. The number of urea groups is 1. The fourth-order valence-electron chi connectivity index (χ4n) is 3.11. The van der Waals surface area contributed by atoms with E-state index in [4.69, 9.17) is 0 Å². The average Bonchev–Trinajstić information content (AvgIpc) is 3.21. The van der Waals surface area contributed by atoms with Crippen LogP contribution in [0.5, 0.6) is 0 Å². The summed E-state index contributed by atoms with van der Waals surface area (Å²) in [4.78, 5) is 23.6. The van der Waals surface area contributed by atoms with Crippen molar-refractivity contribution < 1.29 is 14.3 Å². The number of esters is 1. The summed E-state index contributed by atoms with van der Waals surface area (Å²) in [6.45, 7) is 0. The van der Waals surface area contributed by atoms with Crippen molar-refractivity contribution in [1.29, 1.82) is 0 Å². The van der Waals surface area contributed by atoms with E-state index in [0.29, 0.717) is 11.7 Å². The second kappa shape index (κ2) is 7.37. The van der Waals surface area contributed by atoms with Gasteiger partial charge in [0.2, 0.25) is 0 Å². The molecule has 0 atom stereocenters. The van der Waals surface area contributed by atoms with Crippen molar-refractivity contribution in [2.24, 2.45) is 7.05 Å². The summed E-state index contributed by atoms with van der Waals surface area (Å²) in [5, 5.41) is 16.4. The van der Waals surface area contributed by atoms with Crippen molar-refractivity contribution in [3.05, 3.63) is 23.5 Å². The largest absolute Gasteiger partial charge is 0.464 e. The Kier molecular flexibility index (Phi) is 5.01. The van der Waals surface area contributed by atoms with E-state index < -0.39 is 12.0 Å². The normalized spacial score (nSPS) is 15.0. The molecule has 2 aromatic heterocycles. The lowest BCUT2D eigenvalue weighted by molar-refractivity contribution is 0.0588. The number of hydrogen-bond acceptors (Lipinski definition) is 5. The zero-order chi connectivity index (χ0) is 17.8.